The lowest BCUT2D eigenvalue weighted by molar-refractivity contribution is -0.146. The van der Waals surface area contributed by atoms with Crippen LogP contribution in [0.5, 0.6) is 5.88 Å². The number of aromatic nitrogens is 2. The van der Waals surface area contributed by atoms with Crippen LogP contribution in [0.15, 0.2) is 17.1 Å². The first kappa shape index (κ1) is 16.8. The Labute approximate surface area is 133 Å². The molecule has 1 aliphatic rings. The predicted molar refractivity (Wildman–Crippen MR) is 81.9 cm³/mol. The van der Waals surface area contributed by atoms with Crippen molar-refractivity contribution in [3.63, 3.8) is 0 Å². The van der Waals surface area contributed by atoms with Crippen LogP contribution in [0, 0.1) is 0 Å². The number of hydrogen-bond acceptors (Lipinski definition) is 7. The van der Waals surface area contributed by atoms with E-state index in [9.17, 15) is 9.59 Å². The fourth-order valence-corrected chi connectivity index (χ4v) is 2.95. The number of ether oxygens (including phenoxy) is 3. The average molecular weight is 328 g/mol. The largest absolute Gasteiger partial charge is 0.478 e. The maximum Gasteiger partial charge on any atom is 0.353 e. The maximum absolute atomic E-state index is 12.0. The molecule has 7 nitrogen and oxygen atoms in total. The Kier molecular flexibility index (Phi) is 6.26. The molecule has 0 bridgehead atoms. The van der Waals surface area contributed by atoms with Gasteiger partial charge in [0.05, 0.1) is 6.61 Å². The molecular weight excluding hydrogens is 308 g/mol. The van der Waals surface area contributed by atoms with Crippen molar-refractivity contribution in [1.29, 1.82) is 0 Å². The first-order valence-electron chi connectivity index (χ1n) is 7.28. The van der Waals surface area contributed by atoms with E-state index in [0.717, 1.165) is 6.42 Å². The van der Waals surface area contributed by atoms with Crippen LogP contribution in [0.25, 0.3) is 0 Å². The molecule has 22 heavy (non-hydrogen) atoms. The molecule has 1 aromatic heterocycles. The second-order valence-corrected chi connectivity index (χ2v) is 5.87. The van der Waals surface area contributed by atoms with E-state index < -0.39 is 11.9 Å². The third kappa shape index (κ3) is 4.48. The number of nitrogens with zero attached hydrogens (tertiary/aromatic N) is 2. The topological polar surface area (TPSA) is 79.7 Å². The number of rotatable bonds is 7. The number of carbonyl (C=O) groups excluding carboxylic acids is 1. The lowest BCUT2D eigenvalue weighted by Crippen LogP contribution is -2.28. The van der Waals surface area contributed by atoms with Crippen LogP contribution in [-0.4, -0.2) is 39.9 Å². The van der Waals surface area contributed by atoms with Gasteiger partial charge in [-0.1, -0.05) is 6.92 Å². The van der Waals surface area contributed by atoms with Crippen LogP contribution in [-0.2, 0) is 14.3 Å². The molecule has 122 valence electrons. The van der Waals surface area contributed by atoms with Crippen LogP contribution < -0.4 is 10.4 Å². The van der Waals surface area contributed by atoms with Crippen molar-refractivity contribution in [3.05, 3.63) is 22.7 Å². The normalized spacial score (nSPS) is 20.8. The third-order valence-corrected chi connectivity index (χ3v) is 4.07. The van der Waals surface area contributed by atoms with Gasteiger partial charge in [-0.3, -0.25) is 9.36 Å². The standard InChI is InChI=1S/C14H20N2O5S/c1-3-5-12(17)20-8-13-21-11(9-22-13)16-7-6-10(19-4-2)15-14(16)18/h6-7,11,13H,3-5,8-9H2,1-2H3/t11-,13-/m0/s1. The van der Waals surface area contributed by atoms with Gasteiger partial charge in [0.1, 0.15) is 18.3 Å². The smallest absolute Gasteiger partial charge is 0.353 e. The zero-order valence-electron chi connectivity index (χ0n) is 12.7. The van der Waals surface area contributed by atoms with E-state index in [2.05, 4.69) is 4.98 Å². The van der Waals surface area contributed by atoms with Gasteiger partial charge in [0, 0.05) is 24.4 Å². The second-order valence-electron chi connectivity index (χ2n) is 4.68. The molecule has 0 N–H and O–H groups in total. The first-order valence-corrected chi connectivity index (χ1v) is 8.33. The predicted octanol–water partition coefficient (Wildman–Crippen LogP) is 1.57. The van der Waals surface area contributed by atoms with Crippen LogP contribution in [0.3, 0.4) is 0 Å². The summed E-state index contributed by atoms with van der Waals surface area (Å²) in [4.78, 5) is 27.1. The molecule has 1 saturated heterocycles. The third-order valence-electron chi connectivity index (χ3n) is 2.97. The van der Waals surface area contributed by atoms with E-state index in [1.807, 2.05) is 13.8 Å². The molecule has 2 rings (SSSR count). The van der Waals surface area contributed by atoms with E-state index in [0.29, 0.717) is 24.7 Å². The molecule has 1 aromatic rings. The van der Waals surface area contributed by atoms with Gasteiger partial charge in [-0.2, -0.15) is 4.98 Å². The van der Waals surface area contributed by atoms with E-state index in [4.69, 9.17) is 14.2 Å². The number of thioether (sulfide) groups is 1. The van der Waals surface area contributed by atoms with Crippen molar-refractivity contribution in [2.75, 3.05) is 19.0 Å². The monoisotopic (exact) mass is 328 g/mol. The summed E-state index contributed by atoms with van der Waals surface area (Å²) in [6.45, 7) is 4.40. The van der Waals surface area contributed by atoms with Crippen molar-refractivity contribution >= 4 is 17.7 Å². The van der Waals surface area contributed by atoms with Crippen molar-refractivity contribution in [2.24, 2.45) is 0 Å². The van der Waals surface area contributed by atoms with Crippen molar-refractivity contribution in [2.45, 2.75) is 38.4 Å². The fraction of sp³-hybridized carbons (Fsp3) is 0.643. The van der Waals surface area contributed by atoms with Crippen LogP contribution in [0.1, 0.15) is 32.9 Å². The number of carbonyl (C=O) groups is 1. The van der Waals surface area contributed by atoms with E-state index in [1.165, 1.54) is 16.3 Å². The summed E-state index contributed by atoms with van der Waals surface area (Å²) < 4.78 is 17.5. The van der Waals surface area contributed by atoms with Crippen LogP contribution in [0.2, 0.25) is 0 Å². The molecule has 0 amide bonds. The van der Waals surface area contributed by atoms with Gasteiger partial charge in [0.25, 0.3) is 0 Å². The Morgan fingerprint density at radius 3 is 3.05 bits per heavy atom. The zero-order valence-corrected chi connectivity index (χ0v) is 13.5. The van der Waals surface area contributed by atoms with Gasteiger partial charge < -0.3 is 14.2 Å². The van der Waals surface area contributed by atoms with E-state index in [-0.39, 0.29) is 18.0 Å². The van der Waals surface area contributed by atoms with E-state index in [1.54, 1.807) is 12.3 Å². The summed E-state index contributed by atoms with van der Waals surface area (Å²) in [6, 6.07) is 1.63. The Morgan fingerprint density at radius 1 is 1.55 bits per heavy atom. The van der Waals surface area contributed by atoms with Crippen LogP contribution in [0.4, 0.5) is 0 Å². The SMILES string of the molecule is CCCC(=O)OC[C@H]1O[C@H](n2ccc(OCC)nc2=O)CS1. The summed E-state index contributed by atoms with van der Waals surface area (Å²) in [5.41, 5.74) is -0.676. The van der Waals surface area contributed by atoms with Gasteiger partial charge in [-0.15, -0.1) is 11.8 Å². The summed E-state index contributed by atoms with van der Waals surface area (Å²) in [5.74, 6) is 0.681. The lowest BCUT2D eigenvalue weighted by atomic mass is 10.3. The molecular formula is C14H20N2O5S. The van der Waals surface area contributed by atoms with Crippen molar-refractivity contribution in [3.8, 4) is 5.88 Å². The van der Waals surface area contributed by atoms with Gasteiger partial charge in [-0.05, 0) is 13.3 Å². The highest BCUT2D eigenvalue weighted by molar-refractivity contribution is 8.00. The molecule has 2 heterocycles. The summed E-state index contributed by atoms with van der Waals surface area (Å²) >= 11 is 1.51. The number of esters is 1. The minimum absolute atomic E-state index is 0.194. The second kappa shape index (κ2) is 8.19. The zero-order chi connectivity index (χ0) is 15.9. The quantitative estimate of drug-likeness (QED) is 0.703. The Balaban J connectivity index is 1.90. The number of hydrogen-bond donors (Lipinski definition) is 0. The minimum Gasteiger partial charge on any atom is -0.478 e. The van der Waals surface area contributed by atoms with Gasteiger partial charge in [-0.25, -0.2) is 4.79 Å². The Hall–Kier alpha value is -1.54. The fourth-order valence-electron chi connectivity index (χ4n) is 1.96. The van der Waals surface area contributed by atoms with Gasteiger partial charge in [0.15, 0.2) is 0 Å². The molecule has 0 spiro atoms. The highest BCUT2D eigenvalue weighted by Crippen LogP contribution is 2.31. The molecule has 1 aliphatic heterocycles. The molecule has 0 radical (unpaired) electrons. The Morgan fingerprint density at radius 2 is 2.36 bits per heavy atom. The molecule has 0 saturated carbocycles. The van der Waals surface area contributed by atoms with Crippen molar-refractivity contribution in [1.82, 2.24) is 9.55 Å². The van der Waals surface area contributed by atoms with Crippen LogP contribution >= 0.6 is 11.8 Å². The molecule has 1 fully saturated rings. The van der Waals surface area contributed by atoms with Gasteiger partial charge in [0.2, 0.25) is 5.88 Å². The lowest BCUT2D eigenvalue weighted by Gasteiger charge is -2.15. The van der Waals surface area contributed by atoms with Gasteiger partial charge >= 0.3 is 11.7 Å². The molecule has 0 aromatic carbocycles. The minimum atomic E-state index is -0.417. The average Bonchev–Trinajstić information content (AvgIpc) is 2.95. The summed E-state index contributed by atoms with van der Waals surface area (Å²) in [7, 11) is 0. The molecule has 0 aliphatic carbocycles. The Bertz CT molecular complexity index is 562. The molecule has 8 heteroatoms. The molecule has 0 unspecified atom stereocenters. The highest BCUT2D eigenvalue weighted by Gasteiger charge is 2.29. The van der Waals surface area contributed by atoms with E-state index >= 15 is 0 Å². The first-order chi connectivity index (χ1) is 10.6. The highest BCUT2D eigenvalue weighted by atomic mass is 32.2. The summed E-state index contributed by atoms with van der Waals surface area (Å²) in [5, 5.41) is 0. The summed E-state index contributed by atoms with van der Waals surface area (Å²) in [6.07, 6.45) is 2.36. The molecule has 2 atom stereocenters. The van der Waals surface area contributed by atoms with Crippen molar-refractivity contribution < 1.29 is 19.0 Å². The maximum atomic E-state index is 12.0.